The molecule has 1 atom stereocenters. The van der Waals surface area contributed by atoms with E-state index in [0.29, 0.717) is 5.58 Å². The number of fused-ring (bicyclic) bond motifs is 3. The van der Waals surface area contributed by atoms with E-state index >= 15 is 0 Å². The van der Waals surface area contributed by atoms with Gasteiger partial charge in [-0.15, -0.1) is 0 Å². The summed E-state index contributed by atoms with van der Waals surface area (Å²) in [6, 6.07) is 8.86. The van der Waals surface area contributed by atoms with Gasteiger partial charge < -0.3 is 14.2 Å². The number of nitrogens with zero attached hydrogens (tertiary/aromatic N) is 2. The molecule has 112 valence electrons. The number of furan rings is 1. The first kappa shape index (κ1) is 13.2. The van der Waals surface area contributed by atoms with Gasteiger partial charge in [0.25, 0.3) is 0 Å². The minimum absolute atomic E-state index is 0.262. The summed E-state index contributed by atoms with van der Waals surface area (Å²) in [5, 5.41) is 1.98. The van der Waals surface area contributed by atoms with Gasteiger partial charge in [0.15, 0.2) is 0 Å². The minimum atomic E-state index is -0.277. The van der Waals surface area contributed by atoms with Gasteiger partial charge in [0.1, 0.15) is 23.1 Å². The maximum atomic E-state index is 13.4. The highest BCUT2D eigenvalue weighted by Gasteiger charge is 2.22. The summed E-state index contributed by atoms with van der Waals surface area (Å²) >= 11 is 0. The van der Waals surface area contributed by atoms with Crippen LogP contribution in [0.1, 0.15) is 12.5 Å². The van der Waals surface area contributed by atoms with Crippen molar-refractivity contribution in [1.82, 2.24) is 4.90 Å². The largest absolute Gasteiger partial charge is 0.456 e. The molecule has 3 aromatic rings. The number of hydrogen-bond donors (Lipinski definition) is 0. The van der Waals surface area contributed by atoms with Crippen molar-refractivity contribution in [2.45, 2.75) is 20.0 Å². The SMILES string of the molecule is Cc1cc2c(cc1N1C=CN(C)[C@@H]1C)oc1cc(F)ccc12. The van der Waals surface area contributed by atoms with E-state index in [4.69, 9.17) is 4.42 Å². The van der Waals surface area contributed by atoms with Crippen LogP contribution in [0.4, 0.5) is 10.1 Å². The third-order valence-electron chi connectivity index (χ3n) is 4.48. The molecule has 0 bridgehead atoms. The lowest BCUT2D eigenvalue weighted by atomic mass is 10.1. The zero-order valence-electron chi connectivity index (χ0n) is 12.8. The van der Waals surface area contributed by atoms with Crippen LogP contribution in [0, 0.1) is 12.7 Å². The number of anilines is 1. The van der Waals surface area contributed by atoms with Crippen LogP contribution in [0.2, 0.25) is 0 Å². The summed E-state index contributed by atoms with van der Waals surface area (Å²) in [5.41, 5.74) is 3.66. The Kier molecular flexibility index (Phi) is 2.70. The molecule has 2 aromatic carbocycles. The zero-order valence-corrected chi connectivity index (χ0v) is 12.8. The predicted octanol–water partition coefficient (Wildman–Crippen LogP) is 4.60. The predicted molar refractivity (Wildman–Crippen MR) is 87.3 cm³/mol. The molecule has 4 rings (SSSR count). The van der Waals surface area contributed by atoms with Gasteiger partial charge in [-0.05, 0) is 37.6 Å². The Hall–Kier alpha value is -2.49. The first-order chi connectivity index (χ1) is 10.5. The Balaban J connectivity index is 1.93. The van der Waals surface area contributed by atoms with E-state index in [1.165, 1.54) is 17.7 Å². The van der Waals surface area contributed by atoms with Crippen LogP contribution < -0.4 is 4.90 Å². The maximum Gasteiger partial charge on any atom is 0.138 e. The molecule has 0 amide bonds. The fourth-order valence-electron chi connectivity index (χ4n) is 3.08. The molecule has 0 radical (unpaired) electrons. The first-order valence-corrected chi connectivity index (χ1v) is 7.35. The Morgan fingerprint density at radius 2 is 1.82 bits per heavy atom. The van der Waals surface area contributed by atoms with Crippen molar-refractivity contribution < 1.29 is 8.81 Å². The van der Waals surface area contributed by atoms with Gasteiger partial charge >= 0.3 is 0 Å². The molecule has 3 nitrogen and oxygen atoms in total. The molecule has 1 aliphatic rings. The zero-order chi connectivity index (χ0) is 15.4. The molecule has 1 aromatic heterocycles. The number of hydrogen-bond acceptors (Lipinski definition) is 3. The highest BCUT2D eigenvalue weighted by Crippen LogP contribution is 2.36. The molecule has 0 spiro atoms. The molecule has 0 fully saturated rings. The van der Waals surface area contributed by atoms with Crippen molar-refractivity contribution in [1.29, 1.82) is 0 Å². The monoisotopic (exact) mass is 296 g/mol. The van der Waals surface area contributed by atoms with Crippen molar-refractivity contribution in [3.05, 3.63) is 54.1 Å². The second-order valence-corrected chi connectivity index (χ2v) is 5.88. The van der Waals surface area contributed by atoms with E-state index in [0.717, 1.165) is 22.0 Å². The number of halogens is 1. The highest BCUT2D eigenvalue weighted by atomic mass is 19.1. The van der Waals surface area contributed by atoms with E-state index in [9.17, 15) is 4.39 Å². The molecule has 1 aliphatic heterocycles. The standard InChI is InChI=1S/C18H17FN2O/c1-11-8-15-14-5-4-13(19)9-17(14)22-18(15)10-16(11)21-7-6-20(3)12(21)2/h4-10,12H,1-3H3/t12-/m0/s1. The molecule has 0 N–H and O–H groups in total. The lowest BCUT2D eigenvalue weighted by Crippen LogP contribution is -2.33. The summed E-state index contributed by atoms with van der Waals surface area (Å²) < 4.78 is 19.2. The second-order valence-electron chi connectivity index (χ2n) is 5.88. The van der Waals surface area contributed by atoms with Crippen molar-refractivity contribution in [3.63, 3.8) is 0 Å². The summed E-state index contributed by atoms with van der Waals surface area (Å²) in [6.45, 7) is 4.24. The lowest BCUT2D eigenvalue weighted by Gasteiger charge is -2.28. The van der Waals surface area contributed by atoms with Crippen molar-refractivity contribution in [3.8, 4) is 0 Å². The van der Waals surface area contributed by atoms with Crippen molar-refractivity contribution in [2.24, 2.45) is 0 Å². The average Bonchev–Trinajstić information content (AvgIpc) is 2.99. The number of benzene rings is 2. The molecule has 2 heterocycles. The second kappa shape index (κ2) is 4.50. The topological polar surface area (TPSA) is 19.6 Å². The normalized spacial score (nSPS) is 18.1. The quantitative estimate of drug-likeness (QED) is 0.654. The molecule has 0 saturated carbocycles. The number of rotatable bonds is 1. The van der Waals surface area contributed by atoms with Crippen molar-refractivity contribution in [2.75, 3.05) is 11.9 Å². The van der Waals surface area contributed by atoms with Gasteiger partial charge in [0.2, 0.25) is 0 Å². The maximum absolute atomic E-state index is 13.4. The van der Waals surface area contributed by atoms with Gasteiger partial charge in [-0.1, -0.05) is 0 Å². The lowest BCUT2D eigenvalue weighted by molar-refractivity contribution is 0.383. The van der Waals surface area contributed by atoms with Gasteiger partial charge in [0.05, 0.1) is 0 Å². The van der Waals surface area contributed by atoms with E-state index < -0.39 is 0 Å². The first-order valence-electron chi connectivity index (χ1n) is 7.35. The van der Waals surface area contributed by atoms with E-state index in [1.54, 1.807) is 6.07 Å². The van der Waals surface area contributed by atoms with Gasteiger partial charge in [-0.25, -0.2) is 4.39 Å². The van der Waals surface area contributed by atoms with E-state index in [2.05, 4.69) is 49.2 Å². The Bertz CT molecular complexity index is 912. The van der Waals surface area contributed by atoms with Gasteiger partial charge in [-0.3, -0.25) is 0 Å². The van der Waals surface area contributed by atoms with E-state index in [-0.39, 0.29) is 12.0 Å². The summed E-state index contributed by atoms with van der Waals surface area (Å²) in [7, 11) is 2.05. The fraction of sp³-hybridized carbons (Fsp3) is 0.222. The Morgan fingerprint density at radius 1 is 1.05 bits per heavy atom. The van der Waals surface area contributed by atoms with Gasteiger partial charge in [0, 0.05) is 48.0 Å². The van der Waals surface area contributed by atoms with Crippen LogP contribution in [0.15, 0.2) is 47.1 Å². The van der Waals surface area contributed by atoms with Crippen LogP contribution in [-0.2, 0) is 0 Å². The average molecular weight is 296 g/mol. The number of aryl methyl sites for hydroxylation is 1. The van der Waals surface area contributed by atoms with Gasteiger partial charge in [-0.2, -0.15) is 0 Å². The van der Waals surface area contributed by atoms with Crippen LogP contribution in [0.25, 0.3) is 21.9 Å². The van der Waals surface area contributed by atoms with Crippen LogP contribution in [0.5, 0.6) is 0 Å². The Morgan fingerprint density at radius 3 is 2.55 bits per heavy atom. The smallest absolute Gasteiger partial charge is 0.138 e. The van der Waals surface area contributed by atoms with Crippen LogP contribution >= 0.6 is 0 Å². The van der Waals surface area contributed by atoms with Crippen molar-refractivity contribution >= 4 is 27.6 Å². The third kappa shape index (κ3) is 1.80. The van der Waals surface area contributed by atoms with E-state index in [1.807, 2.05) is 6.07 Å². The third-order valence-corrected chi connectivity index (χ3v) is 4.48. The summed E-state index contributed by atoms with van der Waals surface area (Å²) in [4.78, 5) is 4.36. The van der Waals surface area contributed by atoms with Crippen LogP contribution in [-0.4, -0.2) is 18.1 Å². The summed E-state index contributed by atoms with van der Waals surface area (Å²) in [5.74, 6) is -0.277. The minimum Gasteiger partial charge on any atom is -0.456 e. The molecule has 0 saturated heterocycles. The molecular formula is C18H17FN2O. The highest BCUT2D eigenvalue weighted by molar-refractivity contribution is 6.06. The fourth-order valence-corrected chi connectivity index (χ4v) is 3.08. The molecular weight excluding hydrogens is 279 g/mol. The summed E-state index contributed by atoms with van der Waals surface area (Å²) in [6.07, 6.45) is 4.39. The molecule has 0 aliphatic carbocycles. The Labute approximate surface area is 128 Å². The molecule has 0 unspecified atom stereocenters. The molecule has 22 heavy (non-hydrogen) atoms. The molecule has 4 heteroatoms. The van der Waals surface area contributed by atoms with Crippen LogP contribution in [0.3, 0.4) is 0 Å².